The quantitative estimate of drug-likeness (QED) is 0.187. The number of nitrogen functional groups attached to an aromatic ring is 1. The van der Waals surface area contributed by atoms with Crippen LogP contribution in [0.1, 0.15) is 5.69 Å². The molecule has 4 rings (SSSR count). The third-order valence-corrected chi connectivity index (χ3v) is 5.40. The smallest absolute Gasteiger partial charge is 0.295 e. The molecule has 0 aliphatic carbocycles. The van der Waals surface area contributed by atoms with Crippen molar-refractivity contribution in [2.24, 2.45) is 10.2 Å². The van der Waals surface area contributed by atoms with Gasteiger partial charge in [-0.3, -0.25) is 9.54 Å². The van der Waals surface area contributed by atoms with E-state index in [2.05, 4.69) is 15.2 Å². The molecule has 1 heterocycles. The first-order valence-electron chi connectivity index (χ1n) is 9.25. The summed E-state index contributed by atoms with van der Waals surface area (Å²) in [6.07, 6.45) is 1.69. The second-order valence-corrected chi connectivity index (χ2v) is 8.03. The summed E-state index contributed by atoms with van der Waals surface area (Å²) >= 11 is 0. The fourth-order valence-corrected chi connectivity index (χ4v) is 3.75. The monoisotopic (exact) mass is 457 g/mol. The summed E-state index contributed by atoms with van der Waals surface area (Å²) in [6, 6.07) is 20.3. The summed E-state index contributed by atoms with van der Waals surface area (Å²) < 4.78 is 39.0. The Hall–Kier alpha value is -2.82. The standard InChI is InChI=1S/C22H18N4O4S.Na/c23-22-19-10-2-1-9-18(19)21(31(27,28)29)13-20(22)26-25-15-7-5-8-17(12-15)30-14-16-6-3-4-11-24-16;/h1-13H,14,23H2,(H,27,28,29);. The van der Waals surface area contributed by atoms with Gasteiger partial charge in [-0.15, -0.1) is 5.11 Å². The molecular formula is C22H18N4NaO4S. The van der Waals surface area contributed by atoms with Crippen molar-refractivity contribution in [3.8, 4) is 5.75 Å². The number of fused-ring (bicyclic) bond motifs is 1. The molecule has 0 unspecified atom stereocenters. The van der Waals surface area contributed by atoms with Gasteiger partial charge in [-0.2, -0.15) is 13.5 Å². The zero-order chi connectivity index (χ0) is 21.8. The van der Waals surface area contributed by atoms with Gasteiger partial charge in [0.1, 0.15) is 22.9 Å². The van der Waals surface area contributed by atoms with Crippen LogP contribution in [0.25, 0.3) is 10.8 Å². The maximum absolute atomic E-state index is 11.8. The Balaban J connectivity index is 0.00000289. The topological polar surface area (TPSA) is 127 Å². The number of ether oxygens (including phenoxy) is 1. The third kappa shape index (κ3) is 5.50. The molecule has 0 aliphatic heterocycles. The average Bonchev–Trinajstić information content (AvgIpc) is 2.77. The molecule has 0 spiro atoms. The van der Waals surface area contributed by atoms with Crippen molar-refractivity contribution in [3.05, 3.63) is 84.7 Å². The number of hydrogen-bond donors (Lipinski definition) is 2. The Bertz CT molecular complexity index is 1380. The first kappa shape index (κ1) is 23.8. The predicted molar refractivity (Wildman–Crippen MR) is 123 cm³/mol. The number of azo groups is 1. The normalized spacial score (nSPS) is 11.4. The molecule has 0 saturated heterocycles. The molecule has 0 atom stereocenters. The van der Waals surface area contributed by atoms with Crippen molar-refractivity contribution in [1.82, 2.24) is 4.98 Å². The van der Waals surface area contributed by atoms with Crippen molar-refractivity contribution in [2.75, 3.05) is 5.73 Å². The number of anilines is 1. The van der Waals surface area contributed by atoms with Crippen molar-refractivity contribution < 1.29 is 17.7 Å². The van der Waals surface area contributed by atoms with E-state index in [-0.39, 0.29) is 45.8 Å². The number of pyridine rings is 1. The number of nitrogens with zero attached hydrogens (tertiary/aromatic N) is 3. The van der Waals surface area contributed by atoms with Crippen LogP contribution < -0.4 is 10.5 Å². The molecule has 0 bridgehead atoms. The van der Waals surface area contributed by atoms with E-state index >= 15 is 0 Å². The Kier molecular flexibility index (Phi) is 7.60. The maximum Gasteiger partial charge on any atom is 0.295 e. The van der Waals surface area contributed by atoms with E-state index in [9.17, 15) is 13.0 Å². The van der Waals surface area contributed by atoms with Gasteiger partial charge in [-0.05, 0) is 30.3 Å². The Morgan fingerprint density at radius 1 is 0.938 bits per heavy atom. The van der Waals surface area contributed by atoms with E-state index in [0.717, 1.165) is 5.69 Å². The second-order valence-electron chi connectivity index (χ2n) is 6.64. The number of rotatable bonds is 6. The minimum Gasteiger partial charge on any atom is -0.487 e. The molecule has 3 aromatic carbocycles. The molecule has 0 aliphatic rings. The average molecular weight is 457 g/mol. The van der Waals surface area contributed by atoms with Gasteiger partial charge < -0.3 is 10.5 Å². The van der Waals surface area contributed by atoms with Gasteiger partial charge in [-0.1, -0.05) is 36.4 Å². The summed E-state index contributed by atoms with van der Waals surface area (Å²) in [5, 5.41) is 9.04. The summed E-state index contributed by atoms with van der Waals surface area (Å²) in [4.78, 5) is 3.93. The van der Waals surface area contributed by atoms with Gasteiger partial charge in [0.25, 0.3) is 10.1 Å². The zero-order valence-electron chi connectivity index (χ0n) is 17.2. The molecule has 1 radical (unpaired) electrons. The van der Waals surface area contributed by atoms with E-state index in [0.29, 0.717) is 28.8 Å². The zero-order valence-corrected chi connectivity index (χ0v) is 20.0. The minimum atomic E-state index is -4.48. The fourth-order valence-electron chi connectivity index (χ4n) is 3.03. The van der Waals surface area contributed by atoms with Gasteiger partial charge >= 0.3 is 0 Å². The van der Waals surface area contributed by atoms with Gasteiger partial charge in [-0.25, -0.2) is 0 Å². The second kappa shape index (κ2) is 10.2. The van der Waals surface area contributed by atoms with Gasteiger partial charge in [0.2, 0.25) is 0 Å². The largest absolute Gasteiger partial charge is 0.487 e. The van der Waals surface area contributed by atoms with E-state index < -0.39 is 10.1 Å². The van der Waals surface area contributed by atoms with E-state index in [1.54, 1.807) is 54.7 Å². The molecule has 157 valence electrons. The van der Waals surface area contributed by atoms with E-state index in [1.807, 2.05) is 18.2 Å². The molecule has 0 fully saturated rings. The van der Waals surface area contributed by atoms with Gasteiger partial charge in [0.15, 0.2) is 0 Å². The minimum absolute atomic E-state index is 0. The van der Waals surface area contributed by atoms with Crippen LogP contribution in [0.5, 0.6) is 5.75 Å². The molecule has 32 heavy (non-hydrogen) atoms. The molecule has 0 saturated carbocycles. The fraction of sp³-hybridized carbons (Fsp3) is 0.0455. The maximum atomic E-state index is 11.8. The Morgan fingerprint density at radius 3 is 2.41 bits per heavy atom. The van der Waals surface area contributed by atoms with Crippen LogP contribution in [0.15, 0.2) is 94.1 Å². The van der Waals surface area contributed by atoms with E-state index in [4.69, 9.17) is 10.5 Å². The van der Waals surface area contributed by atoms with Crippen molar-refractivity contribution in [2.45, 2.75) is 11.5 Å². The summed E-state index contributed by atoms with van der Waals surface area (Å²) in [5.74, 6) is 0.576. The molecule has 8 nitrogen and oxygen atoms in total. The Morgan fingerprint density at radius 2 is 1.69 bits per heavy atom. The predicted octanol–water partition coefficient (Wildman–Crippen LogP) is 4.68. The van der Waals surface area contributed by atoms with Crippen LogP contribution in [0, 0.1) is 0 Å². The molecule has 0 amide bonds. The summed E-state index contributed by atoms with van der Waals surface area (Å²) in [5.41, 5.74) is 7.84. The van der Waals surface area contributed by atoms with E-state index in [1.165, 1.54) is 6.07 Å². The third-order valence-electron chi connectivity index (χ3n) is 4.51. The number of nitrogens with two attached hydrogens (primary N) is 1. The summed E-state index contributed by atoms with van der Waals surface area (Å²) in [7, 11) is -4.48. The van der Waals surface area contributed by atoms with Crippen LogP contribution in [0.3, 0.4) is 0 Å². The summed E-state index contributed by atoms with van der Waals surface area (Å²) in [6.45, 7) is 0.302. The molecule has 1 aromatic heterocycles. The first-order chi connectivity index (χ1) is 14.9. The van der Waals surface area contributed by atoms with Crippen LogP contribution in [-0.2, 0) is 16.7 Å². The molecular weight excluding hydrogens is 439 g/mol. The molecule has 4 aromatic rings. The number of hydrogen-bond acceptors (Lipinski definition) is 7. The van der Waals surface area contributed by atoms with Crippen molar-refractivity contribution >= 4 is 67.5 Å². The molecule has 10 heteroatoms. The van der Waals surface area contributed by atoms with Crippen LogP contribution in [0.2, 0.25) is 0 Å². The van der Waals surface area contributed by atoms with Crippen molar-refractivity contribution in [3.63, 3.8) is 0 Å². The van der Waals surface area contributed by atoms with Gasteiger partial charge in [0.05, 0.1) is 17.1 Å². The van der Waals surface area contributed by atoms with Crippen LogP contribution >= 0.6 is 0 Å². The molecule has 3 N–H and O–H groups in total. The number of aromatic nitrogens is 1. The first-order valence-corrected chi connectivity index (χ1v) is 10.7. The Labute approximate surface area is 207 Å². The van der Waals surface area contributed by atoms with Crippen LogP contribution in [0.4, 0.5) is 17.1 Å². The van der Waals surface area contributed by atoms with Crippen LogP contribution in [-0.4, -0.2) is 47.5 Å². The van der Waals surface area contributed by atoms with Gasteiger partial charge in [0, 0.05) is 52.6 Å². The number of benzene rings is 3. The SMILES string of the molecule is Nc1c(N=Nc2cccc(OCc3ccccn3)c2)cc(S(=O)(=O)O)c2ccccc12.[Na]. The van der Waals surface area contributed by atoms with Crippen molar-refractivity contribution in [1.29, 1.82) is 0 Å².